The van der Waals surface area contributed by atoms with Gasteiger partial charge in [0.15, 0.2) is 33.6 Å². The van der Waals surface area contributed by atoms with Gasteiger partial charge in [-0.25, -0.2) is 8.42 Å². The highest BCUT2D eigenvalue weighted by molar-refractivity contribution is 7.91. The lowest BCUT2D eigenvalue weighted by Crippen LogP contribution is -2.64. The van der Waals surface area contributed by atoms with Gasteiger partial charge in [-0.05, 0) is 5.56 Å². The lowest BCUT2D eigenvalue weighted by atomic mass is 9.99. The van der Waals surface area contributed by atoms with Crippen molar-refractivity contribution in [2.45, 2.75) is 63.3 Å². The molecule has 1 aliphatic rings. The molecule has 0 bridgehead atoms. The smallest absolute Gasteiger partial charge is 0.303 e. The molecule has 1 heterocycles. The molecule has 0 saturated carbocycles. The SMILES string of the molecule is CC(=O)OC[C@H]1O[C@@H](S(=O)(=O)Cc2ccccc2)[C@H](OC(C)=O)[C@@H](OC(C)=O)[C@@H]1OC(C)=O. The summed E-state index contributed by atoms with van der Waals surface area (Å²) in [5, 5.41) is 0. The van der Waals surface area contributed by atoms with Gasteiger partial charge in [0.1, 0.15) is 12.7 Å². The van der Waals surface area contributed by atoms with Gasteiger partial charge in [0.25, 0.3) is 0 Å². The molecule has 5 atom stereocenters. The summed E-state index contributed by atoms with van der Waals surface area (Å²) >= 11 is 0. The van der Waals surface area contributed by atoms with E-state index in [1.54, 1.807) is 30.3 Å². The van der Waals surface area contributed by atoms with E-state index < -0.39 is 75.9 Å². The minimum atomic E-state index is -4.19. The number of benzene rings is 1. The van der Waals surface area contributed by atoms with Crippen LogP contribution in [0.1, 0.15) is 33.3 Å². The van der Waals surface area contributed by atoms with E-state index in [4.69, 9.17) is 23.7 Å². The van der Waals surface area contributed by atoms with Crippen molar-refractivity contribution in [1.82, 2.24) is 0 Å². The van der Waals surface area contributed by atoms with Crippen LogP contribution in [-0.4, -0.2) is 68.8 Å². The number of hydrogen-bond acceptors (Lipinski definition) is 11. The van der Waals surface area contributed by atoms with Crippen LogP contribution in [0.2, 0.25) is 0 Å². The zero-order valence-corrected chi connectivity index (χ0v) is 19.4. The van der Waals surface area contributed by atoms with Gasteiger partial charge in [-0.2, -0.15) is 0 Å². The maximum Gasteiger partial charge on any atom is 0.303 e. The molecule has 0 unspecified atom stereocenters. The molecular formula is C21H26O11S. The standard InChI is InChI=1S/C21H26O11S/c1-12(22)28-10-17-18(29-13(2)23)19(30-14(3)24)20(31-15(4)25)21(32-17)33(26,27)11-16-8-6-5-7-9-16/h5-9,17-21H,10-11H2,1-4H3/t17-,18-,19+,20-,21+/m1/s1. The number of sulfone groups is 1. The summed E-state index contributed by atoms with van der Waals surface area (Å²) in [5.74, 6) is -3.71. The summed E-state index contributed by atoms with van der Waals surface area (Å²) in [5.41, 5.74) is -1.37. The average molecular weight is 486 g/mol. The van der Waals surface area contributed by atoms with E-state index in [0.29, 0.717) is 5.56 Å². The third kappa shape index (κ3) is 7.53. The average Bonchev–Trinajstić information content (AvgIpc) is 2.68. The summed E-state index contributed by atoms with van der Waals surface area (Å²) < 4.78 is 53.0. The number of carbonyl (C=O) groups excluding carboxylic acids is 4. The number of rotatable bonds is 8. The highest BCUT2D eigenvalue weighted by Crippen LogP contribution is 2.33. The summed E-state index contributed by atoms with van der Waals surface area (Å²) in [7, 11) is -4.19. The summed E-state index contributed by atoms with van der Waals surface area (Å²) in [4.78, 5) is 46.7. The minimum absolute atomic E-state index is 0.436. The molecule has 1 aliphatic heterocycles. The van der Waals surface area contributed by atoms with Crippen LogP contribution in [0.25, 0.3) is 0 Å². The first-order valence-corrected chi connectivity index (χ1v) is 11.7. The number of esters is 4. The number of hydrogen-bond donors (Lipinski definition) is 0. The lowest BCUT2D eigenvalue weighted by Gasteiger charge is -2.43. The fourth-order valence-electron chi connectivity index (χ4n) is 3.37. The molecule has 0 aromatic heterocycles. The second-order valence-corrected chi connectivity index (χ2v) is 9.44. The molecule has 1 fully saturated rings. The lowest BCUT2D eigenvalue weighted by molar-refractivity contribution is -0.238. The van der Waals surface area contributed by atoms with Crippen LogP contribution in [0, 0.1) is 0 Å². The Morgan fingerprint density at radius 2 is 1.30 bits per heavy atom. The van der Waals surface area contributed by atoms with E-state index in [1.807, 2.05) is 0 Å². The minimum Gasteiger partial charge on any atom is -0.463 e. The molecule has 11 nitrogen and oxygen atoms in total. The van der Waals surface area contributed by atoms with Crippen molar-refractivity contribution in [2.75, 3.05) is 6.61 Å². The van der Waals surface area contributed by atoms with E-state index in [0.717, 1.165) is 27.7 Å². The van der Waals surface area contributed by atoms with Gasteiger partial charge in [-0.3, -0.25) is 19.2 Å². The first-order valence-electron chi connectivity index (χ1n) is 9.96. The van der Waals surface area contributed by atoms with Crippen LogP contribution >= 0.6 is 0 Å². The van der Waals surface area contributed by atoms with Crippen molar-refractivity contribution in [3.8, 4) is 0 Å². The van der Waals surface area contributed by atoms with Gasteiger partial charge in [0.05, 0.1) is 5.75 Å². The third-order valence-electron chi connectivity index (χ3n) is 4.51. The van der Waals surface area contributed by atoms with Crippen molar-refractivity contribution in [3.05, 3.63) is 35.9 Å². The predicted octanol–water partition coefficient (Wildman–Crippen LogP) is 0.684. The molecule has 33 heavy (non-hydrogen) atoms. The summed E-state index contributed by atoms with van der Waals surface area (Å²) in [6.45, 7) is 3.79. The van der Waals surface area contributed by atoms with Crippen molar-refractivity contribution < 1.29 is 51.3 Å². The Labute approximate surface area is 191 Å². The molecule has 0 aliphatic carbocycles. The largest absolute Gasteiger partial charge is 0.463 e. The first-order chi connectivity index (χ1) is 15.4. The van der Waals surface area contributed by atoms with Gasteiger partial charge < -0.3 is 23.7 Å². The highest BCUT2D eigenvalue weighted by atomic mass is 32.2. The second-order valence-electron chi connectivity index (χ2n) is 7.36. The van der Waals surface area contributed by atoms with E-state index in [-0.39, 0.29) is 0 Å². The van der Waals surface area contributed by atoms with E-state index >= 15 is 0 Å². The molecule has 1 saturated heterocycles. The van der Waals surface area contributed by atoms with Crippen LogP contribution < -0.4 is 0 Å². The highest BCUT2D eigenvalue weighted by Gasteiger charge is 2.56. The van der Waals surface area contributed by atoms with Gasteiger partial charge in [0.2, 0.25) is 0 Å². The zero-order chi connectivity index (χ0) is 24.8. The van der Waals surface area contributed by atoms with Crippen LogP contribution in [0.15, 0.2) is 30.3 Å². The monoisotopic (exact) mass is 486 g/mol. The molecule has 1 aromatic rings. The molecule has 182 valence electrons. The van der Waals surface area contributed by atoms with Crippen molar-refractivity contribution in [1.29, 1.82) is 0 Å². The predicted molar refractivity (Wildman–Crippen MR) is 111 cm³/mol. The molecule has 0 spiro atoms. The maximum atomic E-state index is 13.3. The normalized spacial score (nSPS) is 24.9. The van der Waals surface area contributed by atoms with E-state index in [1.165, 1.54) is 0 Å². The van der Waals surface area contributed by atoms with E-state index in [2.05, 4.69) is 0 Å². The molecule has 0 amide bonds. The zero-order valence-electron chi connectivity index (χ0n) is 18.6. The quantitative estimate of drug-likeness (QED) is 0.377. The molecule has 0 N–H and O–H groups in total. The fraction of sp³-hybridized carbons (Fsp3) is 0.524. The van der Waals surface area contributed by atoms with Gasteiger partial charge in [-0.1, -0.05) is 30.3 Å². The molecular weight excluding hydrogens is 460 g/mol. The third-order valence-corrected chi connectivity index (χ3v) is 6.34. The molecule has 1 aromatic carbocycles. The fourth-order valence-corrected chi connectivity index (χ4v) is 5.12. The van der Waals surface area contributed by atoms with Gasteiger partial charge in [0, 0.05) is 27.7 Å². The Balaban J connectivity index is 2.54. The Morgan fingerprint density at radius 1 is 0.788 bits per heavy atom. The van der Waals surface area contributed by atoms with Gasteiger partial charge >= 0.3 is 23.9 Å². The van der Waals surface area contributed by atoms with Crippen LogP contribution in [0.4, 0.5) is 0 Å². The first kappa shape index (κ1) is 26.3. The van der Waals surface area contributed by atoms with Crippen LogP contribution in [0.3, 0.4) is 0 Å². The van der Waals surface area contributed by atoms with Gasteiger partial charge in [-0.15, -0.1) is 0 Å². The van der Waals surface area contributed by atoms with E-state index in [9.17, 15) is 27.6 Å². The Hall–Kier alpha value is -2.99. The van der Waals surface area contributed by atoms with Crippen LogP contribution in [0.5, 0.6) is 0 Å². The Morgan fingerprint density at radius 3 is 1.82 bits per heavy atom. The van der Waals surface area contributed by atoms with Crippen molar-refractivity contribution >= 4 is 33.7 Å². The number of ether oxygens (including phenoxy) is 5. The van der Waals surface area contributed by atoms with Crippen molar-refractivity contribution in [2.24, 2.45) is 0 Å². The second kappa shape index (κ2) is 11.2. The molecule has 0 radical (unpaired) electrons. The van der Waals surface area contributed by atoms with Crippen molar-refractivity contribution in [3.63, 3.8) is 0 Å². The van der Waals surface area contributed by atoms with Crippen LogP contribution in [-0.2, 0) is 58.5 Å². The maximum absolute atomic E-state index is 13.3. The topological polar surface area (TPSA) is 149 Å². The summed E-state index contributed by atoms with van der Waals surface area (Å²) in [6.07, 6.45) is -5.94. The Kier molecular flexibility index (Phi) is 8.94. The molecule has 2 rings (SSSR count). The number of carbonyl (C=O) groups is 4. The summed E-state index contributed by atoms with van der Waals surface area (Å²) in [6, 6.07) is 8.19. The Bertz CT molecular complexity index is 973. The molecule has 12 heteroatoms.